The van der Waals surface area contributed by atoms with Gasteiger partial charge in [0.1, 0.15) is 0 Å². The van der Waals surface area contributed by atoms with E-state index in [0.717, 1.165) is 11.1 Å². The molecule has 5 N–H and O–H groups in total. The molecule has 6 heteroatoms. The topological polar surface area (TPSA) is 89.3 Å². The first-order valence-corrected chi connectivity index (χ1v) is 3.93. The van der Waals surface area contributed by atoms with Crippen LogP contribution in [0.5, 0.6) is 0 Å². The van der Waals surface area contributed by atoms with E-state index >= 15 is 0 Å². The number of benzene rings is 1. The maximum Gasteiger partial charge on any atom is 0.335 e. The summed E-state index contributed by atoms with van der Waals surface area (Å²) in [7, 11) is 0. The Labute approximate surface area is 100 Å². The molecule has 0 amide bonds. The minimum Gasteiger partial charge on any atom is -0.478 e. The van der Waals surface area contributed by atoms with Gasteiger partial charge in [-0.3, -0.25) is 0 Å². The van der Waals surface area contributed by atoms with Crippen molar-refractivity contribution in [2.45, 2.75) is 13.1 Å². The lowest BCUT2D eigenvalue weighted by atomic mass is 10.1. The van der Waals surface area contributed by atoms with Gasteiger partial charge in [-0.05, 0) is 23.3 Å². The third-order valence-electron chi connectivity index (χ3n) is 1.77. The molecule has 4 nitrogen and oxygen atoms in total. The molecule has 1 rings (SSSR count). The first-order valence-electron chi connectivity index (χ1n) is 3.93. The van der Waals surface area contributed by atoms with E-state index < -0.39 is 5.97 Å². The molecule has 0 saturated carbocycles. The molecular formula is C9H14Cl2N2O2. The summed E-state index contributed by atoms with van der Waals surface area (Å²) in [5.74, 6) is -0.954. The van der Waals surface area contributed by atoms with E-state index in [4.69, 9.17) is 16.6 Å². The van der Waals surface area contributed by atoms with Crippen molar-refractivity contribution in [2.75, 3.05) is 0 Å². The minimum absolute atomic E-state index is 0. The van der Waals surface area contributed by atoms with Crippen LogP contribution in [0.15, 0.2) is 18.2 Å². The normalized spacial score (nSPS) is 8.67. The molecule has 0 saturated heterocycles. The average molecular weight is 253 g/mol. The van der Waals surface area contributed by atoms with Crippen LogP contribution in [-0.4, -0.2) is 11.1 Å². The van der Waals surface area contributed by atoms with Crippen LogP contribution in [0.3, 0.4) is 0 Å². The highest BCUT2D eigenvalue weighted by atomic mass is 35.5. The molecule has 0 spiro atoms. The highest BCUT2D eigenvalue weighted by Gasteiger charge is 2.05. The van der Waals surface area contributed by atoms with Gasteiger partial charge < -0.3 is 16.6 Å². The number of hydrogen-bond donors (Lipinski definition) is 3. The fraction of sp³-hybridized carbons (Fsp3) is 0.222. The van der Waals surface area contributed by atoms with E-state index in [9.17, 15) is 4.79 Å². The predicted octanol–water partition coefficient (Wildman–Crippen LogP) is 1.15. The smallest absolute Gasteiger partial charge is 0.335 e. The summed E-state index contributed by atoms with van der Waals surface area (Å²) >= 11 is 0. The summed E-state index contributed by atoms with van der Waals surface area (Å²) in [4.78, 5) is 10.7. The van der Waals surface area contributed by atoms with Gasteiger partial charge in [-0.2, -0.15) is 0 Å². The largest absolute Gasteiger partial charge is 0.478 e. The van der Waals surface area contributed by atoms with Crippen LogP contribution in [0.4, 0.5) is 0 Å². The number of nitrogens with two attached hydrogens (primary N) is 2. The summed E-state index contributed by atoms with van der Waals surface area (Å²) in [6, 6.07) is 4.93. The highest BCUT2D eigenvalue weighted by Crippen LogP contribution is 2.09. The van der Waals surface area contributed by atoms with E-state index in [0.29, 0.717) is 13.1 Å². The number of rotatable bonds is 3. The van der Waals surface area contributed by atoms with Crippen LogP contribution < -0.4 is 11.5 Å². The zero-order valence-electron chi connectivity index (χ0n) is 7.97. The SMILES string of the molecule is Cl.Cl.NCc1cc(CN)cc(C(=O)O)c1. The van der Waals surface area contributed by atoms with E-state index in [1.807, 2.05) is 6.07 Å². The first kappa shape index (κ1) is 16.6. The number of carboxylic acids is 1. The lowest BCUT2D eigenvalue weighted by molar-refractivity contribution is 0.0696. The molecule has 0 aromatic heterocycles. The van der Waals surface area contributed by atoms with Gasteiger partial charge >= 0.3 is 5.97 Å². The zero-order chi connectivity index (χ0) is 9.84. The lowest BCUT2D eigenvalue weighted by Crippen LogP contribution is -2.05. The molecule has 0 heterocycles. The van der Waals surface area contributed by atoms with Gasteiger partial charge in [-0.1, -0.05) is 6.07 Å². The average Bonchev–Trinajstić information content (AvgIpc) is 2.16. The van der Waals surface area contributed by atoms with E-state index in [-0.39, 0.29) is 30.4 Å². The third-order valence-corrected chi connectivity index (χ3v) is 1.77. The Morgan fingerprint density at radius 3 is 1.73 bits per heavy atom. The van der Waals surface area contributed by atoms with Crippen molar-refractivity contribution in [1.29, 1.82) is 0 Å². The summed E-state index contributed by atoms with van der Waals surface area (Å²) in [5, 5.41) is 8.74. The molecule has 0 aliphatic rings. The van der Waals surface area contributed by atoms with Crippen molar-refractivity contribution in [3.8, 4) is 0 Å². The second-order valence-corrected chi connectivity index (χ2v) is 2.75. The molecule has 0 aliphatic heterocycles. The first-order chi connectivity index (χ1) is 6.17. The van der Waals surface area contributed by atoms with Gasteiger partial charge in [0.05, 0.1) is 5.56 Å². The summed E-state index contributed by atoms with van der Waals surface area (Å²) < 4.78 is 0. The standard InChI is InChI=1S/C9H12N2O2.2ClH/c10-4-6-1-7(5-11)3-8(2-6)9(12)13;;/h1-3H,4-5,10-11H2,(H,12,13);2*1H. The molecular weight excluding hydrogens is 239 g/mol. The van der Waals surface area contributed by atoms with E-state index in [1.165, 1.54) is 0 Å². The maximum absolute atomic E-state index is 10.7. The van der Waals surface area contributed by atoms with Crippen LogP contribution >= 0.6 is 24.8 Å². The quantitative estimate of drug-likeness (QED) is 0.753. The summed E-state index contributed by atoms with van der Waals surface area (Å²) in [6.45, 7) is 0.655. The fourth-order valence-corrected chi connectivity index (χ4v) is 1.12. The minimum atomic E-state index is -0.954. The second-order valence-electron chi connectivity index (χ2n) is 2.75. The van der Waals surface area contributed by atoms with Crippen molar-refractivity contribution in [2.24, 2.45) is 11.5 Å². The Morgan fingerprint density at radius 2 is 1.47 bits per heavy atom. The van der Waals surface area contributed by atoms with Gasteiger partial charge in [0.15, 0.2) is 0 Å². The molecule has 0 bridgehead atoms. The molecule has 0 atom stereocenters. The Hall–Kier alpha value is -0.810. The predicted molar refractivity (Wildman–Crippen MR) is 63.7 cm³/mol. The summed E-state index contributed by atoms with van der Waals surface area (Å²) in [6.07, 6.45) is 0. The van der Waals surface area contributed by atoms with Crippen LogP contribution in [0.1, 0.15) is 21.5 Å². The number of aromatic carboxylic acids is 1. The Bertz CT molecular complexity index is 310. The number of hydrogen-bond acceptors (Lipinski definition) is 3. The van der Waals surface area contributed by atoms with Gasteiger partial charge in [0.2, 0.25) is 0 Å². The van der Waals surface area contributed by atoms with Crippen molar-refractivity contribution in [3.05, 3.63) is 34.9 Å². The van der Waals surface area contributed by atoms with Crippen molar-refractivity contribution in [3.63, 3.8) is 0 Å². The van der Waals surface area contributed by atoms with E-state index in [2.05, 4.69) is 0 Å². The van der Waals surface area contributed by atoms with Crippen LogP contribution in [-0.2, 0) is 13.1 Å². The fourth-order valence-electron chi connectivity index (χ4n) is 1.12. The van der Waals surface area contributed by atoms with Crippen LogP contribution in [0, 0.1) is 0 Å². The molecule has 0 unspecified atom stereocenters. The van der Waals surface area contributed by atoms with Crippen molar-refractivity contribution < 1.29 is 9.90 Å². The van der Waals surface area contributed by atoms with Gasteiger partial charge in [-0.25, -0.2) is 4.79 Å². The second kappa shape index (κ2) is 7.48. The number of carboxylic acid groups (broad SMARTS) is 1. The van der Waals surface area contributed by atoms with Crippen molar-refractivity contribution in [1.82, 2.24) is 0 Å². The van der Waals surface area contributed by atoms with E-state index in [1.54, 1.807) is 12.1 Å². The van der Waals surface area contributed by atoms with Gasteiger partial charge in [-0.15, -0.1) is 24.8 Å². The van der Waals surface area contributed by atoms with Crippen LogP contribution in [0.2, 0.25) is 0 Å². The monoisotopic (exact) mass is 252 g/mol. The van der Waals surface area contributed by atoms with Crippen molar-refractivity contribution >= 4 is 30.8 Å². The number of halogens is 2. The Balaban J connectivity index is 0. The molecule has 0 radical (unpaired) electrons. The summed E-state index contributed by atoms with van der Waals surface area (Å²) in [5.41, 5.74) is 12.6. The molecule has 1 aromatic carbocycles. The maximum atomic E-state index is 10.7. The molecule has 0 fully saturated rings. The van der Waals surface area contributed by atoms with Gasteiger partial charge in [0, 0.05) is 13.1 Å². The third kappa shape index (κ3) is 4.48. The molecule has 15 heavy (non-hydrogen) atoms. The molecule has 86 valence electrons. The highest BCUT2D eigenvalue weighted by molar-refractivity contribution is 5.88. The Morgan fingerprint density at radius 1 is 1.07 bits per heavy atom. The molecule has 1 aromatic rings. The molecule has 0 aliphatic carbocycles. The van der Waals surface area contributed by atoms with Crippen LogP contribution in [0.25, 0.3) is 0 Å². The van der Waals surface area contributed by atoms with Gasteiger partial charge in [0.25, 0.3) is 0 Å². The lowest BCUT2D eigenvalue weighted by Gasteiger charge is -2.03. The zero-order valence-corrected chi connectivity index (χ0v) is 9.61. The Kier molecular flexibility index (Phi) is 8.28. The number of carbonyl (C=O) groups is 1.